The molecule has 240 valence electrons. The molecule has 0 spiro atoms. The summed E-state index contributed by atoms with van der Waals surface area (Å²) in [6.45, 7) is 4.96. The average Bonchev–Trinajstić information content (AvgIpc) is 3.81. The van der Waals surface area contributed by atoms with Gasteiger partial charge in [-0.05, 0) is 94.3 Å². The van der Waals surface area contributed by atoms with E-state index in [4.69, 9.17) is 9.15 Å². The maximum absolute atomic E-state index is 6.60. The molecule has 1 aromatic heterocycles. The number of nitrogens with zero attached hydrogens (tertiary/aromatic N) is 2. The molecule has 0 saturated carbocycles. The fourth-order valence-corrected chi connectivity index (χ4v) is 11.2. The number of rotatable bonds is 5. The number of para-hydroxylation sites is 5. The van der Waals surface area contributed by atoms with E-state index in [2.05, 4.69) is 168 Å². The van der Waals surface area contributed by atoms with Crippen molar-refractivity contribution < 1.29 is 9.15 Å². The highest BCUT2D eigenvalue weighted by Crippen LogP contribution is 2.48. The molecule has 0 saturated heterocycles. The van der Waals surface area contributed by atoms with E-state index in [9.17, 15) is 0 Å². The van der Waals surface area contributed by atoms with Gasteiger partial charge in [-0.2, -0.15) is 0 Å². The third-order valence-electron chi connectivity index (χ3n) is 10.5. The van der Waals surface area contributed by atoms with Crippen molar-refractivity contribution in [1.29, 1.82) is 0 Å². The van der Waals surface area contributed by atoms with Crippen molar-refractivity contribution in [3.05, 3.63) is 169 Å². The summed E-state index contributed by atoms with van der Waals surface area (Å²) in [7, 11) is -2.03. The smallest absolute Gasteiger partial charge is 0.203 e. The Morgan fingerprint density at radius 1 is 0.580 bits per heavy atom. The van der Waals surface area contributed by atoms with Gasteiger partial charge in [0.15, 0.2) is 0 Å². The predicted octanol–water partition coefficient (Wildman–Crippen LogP) is 11.1. The fourth-order valence-electron chi connectivity index (χ4n) is 8.12. The Morgan fingerprint density at radius 2 is 1.26 bits per heavy atom. The van der Waals surface area contributed by atoms with Crippen LogP contribution in [0.2, 0.25) is 13.1 Å². The van der Waals surface area contributed by atoms with Crippen molar-refractivity contribution in [3.63, 3.8) is 0 Å². The van der Waals surface area contributed by atoms with E-state index < -0.39 is 8.07 Å². The Labute approximate surface area is 292 Å². The predicted molar refractivity (Wildman–Crippen MR) is 209 cm³/mol. The first-order chi connectivity index (χ1) is 24.6. The van der Waals surface area contributed by atoms with Crippen LogP contribution in [0, 0.1) is 0 Å². The molecule has 2 aliphatic rings. The molecule has 0 aliphatic carbocycles. The van der Waals surface area contributed by atoms with E-state index in [0.717, 1.165) is 50.9 Å². The van der Waals surface area contributed by atoms with Crippen LogP contribution < -0.4 is 24.9 Å². The van der Waals surface area contributed by atoms with Gasteiger partial charge >= 0.3 is 0 Å². The lowest BCUT2D eigenvalue weighted by atomic mass is 9.99. The van der Waals surface area contributed by atoms with Crippen LogP contribution in [0.5, 0.6) is 5.75 Å². The second-order valence-corrected chi connectivity index (χ2v) is 18.0. The number of benzene rings is 7. The van der Waals surface area contributed by atoms with Crippen molar-refractivity contribution in [1.82, 2.24) is 0 Å². The van der Waals surface area contributed by atoms with Crippen LogP contribution in [-0.2, 0) is 0 Å². The van der Waals surface area contributed by atoms with Gasteiger partial charge in [0.25, 0.3) is 0 Å². The highest BCUT2D eigenvalue weighted by Gasteiger charge is 2.40. The summed E-state index contributed by atoms with van der Waals surface area (Å²) in [4.78, 5) is 4.66. The second kappa shape index (κ2) is 11.0. The molecule has 4 nitrogen and oxygen atoms in total. The first-order valence-electron chi connectivity index (χ1n) is 17.2. The van der Waals surface area contributed by atoms with Crippen molar-refractivity contribution >= 4 is 68.8 Å². The normalized spacial score (nSPS) is 15.5. The van der Waals surface area contributed by atoms with Crippen molar-refractivity contribution in [2.24, 2.45) is 0 Å². The van der Waals surface area contributed by atoms with Gasteiger partial charge in [-0.3, -0.25) is 4.90 Å². The lowest BCUT2D eigenvalue weighted by Crippen LogP contribution is -2.49. The van der Waals surface area contributed by atoms with Gasteiger partial charge in [-0.25, -0.2) is 0 Å². The molecule has 7 aromatic carbocycles. The van der Waals surface area contributed by atoms with Crippen LogP contribution in [0.25, 0.3) is 33.1 Å². The van der Waals surface area contributed by atoms with E-state index in [1.54, 1.807) is 0 Å². The zero-order valence-electron chi connectivity index (χ0n) is 27.9. The monoisotopic (exact) mass is 662 g/mol. The average molecular weight is 663 g/mol. The molecular weight excluding hydrogens is 629 g/mol. The Morgan fingerprint density at radius 3 is 2.08 bits per heavy atom. The van der Waals surface area contributed by atoms with Gasteiger partial charge in [0.2, 0.25) is 6.23 Å². The molecule has 1 atom stereocenters. The van der Waals surface area contributed by atoms with E-state index in [1.165, 1.54) is 32.3 Å². The molecule has 8 aromatic rings. The molecule has 2 aliphatic heterocycles. The molecule has 0 fully saturated rings. The molecule has 1 unspecified atom stereocenters. The lowest BCUT2D eigenvalue weighted by Gasteiger charge is -2.29. The molecule has 50 heavy (non-hydrogen) atoms. The minimum Gasteiger partial charge on any atom is -0.464 e. The van der Waals surface area contributed by atoms with Crippen LogP contribution >= 0.6 is 0 Å². The van der Waals surface area contributed by atoms with Crippen LogP contribution in [0.15, 0.2) is 168 Å². The number of furan rings is 1. The van der Waals surface area contributed by atoms with Crippen molar-refractivity contribution in [2.45, 2.75) is 19.3 Å². The SMILES string of the molecule is C[Si]1(C)c2cc(N(c3ccccc3)c3ccc(C4Oc5ccccc5N4c4ccccc4)cc3)ccc2-c2c1ccc1oc3ccccc3c21. The van der Waals surface area contributed by atoms with Gasteiger partial charge < -0.3 is 14.1 Å². The van der Waals surface area contributed by atoms with Crippen LogP contribution in [-0.4, -0.2) is 8.07 Å². The van der Waals surface area contributed by atoms with Gasteiger partial charge in [0.1, 0.15) is 25.0 Å². The maximum atomic E-state index is 6.60. The molecule has 0 radical (unpaired) electrons. The minimum absolute atomic E-state index is 0.268. The Hall–Kier alpha value is -6.04. The van der Waals surface area contributed by atoms with Gasteiger partial charge in [0, 0.05) is 39.1 Å². The summed E-state index contributed by atoms with van der Waals surface area (Å²) in [5.74, 6) is 0.892. The summed E-state index contributed by atoms with van der Waals surface area (Å²) in [6, 6.07) is 58.3. The third kappa shape index (κ3) is 4.30. The van der Waals surface area contributed by atoms with Gasteiger partial charge in [-0.1, -0.05) is 104 Å². The van der Waals surface area contributed by atoms with E-state index in [-0.39, 0.29) is 6.23 Å². The maximum Gasteiger partial charge on any atom is 0.203 e. The number of anilines is 5. The van der Waals surface area contributed by atoms with Crippen LogP contribution in [0.4, 0.5) is 28.4 Å². The third-order valence-corrected chi connectivity index (χ3v) is 14.0. The van der Waals surface area contributed by atoms with Crippen molar-refractivity contribution in [2.75, 3.05) is 9.80 Å². The summed E-state index contributed by atoms with van der Waals surface area (Å²) in [5, 5.41) is 5.35. The zero-order valence-corrected chi connectivity index (χ0v) is 28.9. The Bertz CT molecular complexity index is 2560. The Kier molecular flexibility index (Phi) is 6.36. The molecule has 3 heterocycles. The summed E-state index contributed by atoms with van der Waals surface area (Å²) >= 11 is 0. The highest BCUT2D eigenvalue weighted by molar-refractivity contribution is 7.04. The van der Waals surface area contributed by atoms with Crippen LogP contribution in [0.1, 0.15) is 11.8 Å². The fraction of sp³-hybridized carbons (Fsp3) is 0.0667. The molecule has 5 heteroatoms. The molecule has 10 rings (SSSR count). The quantitative estimate of drug-likeness (QED) is 0.172. The summed E-state index contributed by atoms with van der Waals surface area (Å²) < 4.78 is 12.9. The molecule has 0 amide bonds. The summed E-state index contributed by atoms with van der Waals surface area (Å²) in [5.41, 5.74) is 11.2. The lowest BCUT2D eigenvalue weighted by molar-refractivity contribution is 0.240. The minimum atomic E-state index is -2.03. The first-order valence-corrected chi connectivity index (χ1v) is 20.2. The number of fused-ring (bicyclic) bond motifs is 8. The van der Waals surface area contributed by atoms with E-state index >= 15 is 0 Å². The van der Waals surface area contributed by atoms with Gasteiger partial charge in [0.05, 0.1) is 5.69 Å². The Balaban J connectivity index is 1.07. The molecule has 0 bridgehead atoms. The number of hydrogen-bond acceptors (Lipinski definition) is 4. The highest BCUT2D eigenvalue weighted by atomic mass is 28.3. The summed E-state index contributed by atoms with van der Waals surface area (Å²) in [6.07, 6.45) is -0.268. The topological polar surface area (TPSA) is 28.9 Å². The molecule has 0 N–H and O–H groups in total. The number of ether oxygens (including phenoxy) is 1. The van der Waals surface area contributed by atoms with Crippen molar-refractivity contribution in [3.8, 4) is 16.9 Å². The van der Waals surface area contributed by atoms with E-state index in [1.807, 2.05) is 18.2 Å². The molecular formula is C45H34N2O2Si. The van der Waals surface area contributed by atoms with Gasteiger partial charge in [-0.15, -0.1) is 0 Å². The number of hydrogen-bond donors (Lipinski definition) is 0. The standard InChI is InChI=1S/C45H34N2O2Si/c1-50(2)41-28-27-40-43(35-17-9-11-19-38(35)48-40)44(41)36-26-25-34(29-42(36)50)46(31-13-5-3-6-14-31)33-23-21-30(22-24-33)45-47(32-15-7-4-8-16-32)37-18-10-12-20-39(37)49-45/h3-29,45H,1-2H3. The van der Waals surface area contributed by atoms with E-state index in [0.29, 0.717) is 0 Å². The zero-order chi connectivity index (χ0) is 33.4. The largest absolute Gasteiger partial charge is 0.464 e. The van der Waals surface area contributed by atoms with Crippen LogP contribution in [0.3, 0.4) is 0 Å². The second-order valence-electron chi connectivity index (χ2n) is 13.7. The first kappa shape index (κ1) is 28.9.